The summed E-state index contributed by atoms with van der Waals surface area (Å²) in [4.78, 5) is 28.5. The summed E-state index contributed by atoms with van der Waals surface area (Å²) in [6.45, 7) is 6.34. The minimum atomic E-state index is -0.833. The van der Waals surface area contributed by atoms with Gasteiger partial charge in [0.15, 0.2) is 0 Å². The fourth-order valence-corrected chi connectivity index (χ4v) is 1.27. The maximum absolute atomic E-state index is 10.2. The summed E-state index contributed by atoms with van der Waals surface area (Å²) in [6.07, 6.45) is 10.4. The van der Waals surface area contributed by atoms with E-state index in [9.17, 15) is 9.59 Å². The first-order chi connectivity index (χ1) is 10.3. The molecule has 0 saturated carbocycles. The molecule has 0 amide bonds. The van der Waals surface area contributed by atoms with Crippen LogP contribution in [0.4, 0.5) is 0 Å². The van der Waals surface area contributed by atoms with Crippen LogP contribution >= 0.6 is 0 Å². The van der Waals surface area contributed by atoms with E-state index in [1.807, 2.05) is 6.08 Å². The van der Waals surface area contributed by atoms with Crippen LogP contribution in [0.3, 0.4) is 0 Å². The van der Waals surface area contributed by atoms with Crippen LogP contribution in [0, 0.1) is 0 Å². The highest BCUT2D eigenvalue weighted by atomic mass is 16.4. The van der Waals surface area contributed by atoms with Crippen molar-refractivity contribution in [1.29, 1.82) is 0 Å². The highest BCUT2D eigenvalue weighted by Crippen LogP contribution is 2.08. The summed E-state index contributed by atoms with van der Waals surface area (Å²) >= 11 is 0. The second-order valence-corrected chi connectivity index (χ2v) is 4.61. The molecule has 6 nitrogen and oxygen atoms in total. The molecule has 0 aliphatic rings. The van der Waals surface area contributed by atoms with E-state index in [4.69, 9.17) is 20.1 Å². The lowest BCUT2D eigenvalue weighted by molar-refractivity contribution is -0.137. The number of rotatable bonds is 10. The zero-order valence-corrected chi connectivity index (χ0v) is 13.7. The first kappa shape index (κ1) is 25.1. The van der Waals surface area contributed by atoms with Gasteiger partial charge in [-0.3, -0.25) is 14.4 Å². The van der Waals surface area contributed by atoms with Crippen molar-refractivity contribution in [2.75, 3.05) is 0 Å². The summed E-state index contributed by atoms with van der Waals surface area (Å²) in [6, 6.07) is 0. The van der Waals surface area contributed by atoms with Gasteiger partial charge in [0.05, 0.1) is 0 Å². The standard InChI is InChI=1S/C11H20O2.C3H6O2.C2H4O2/c1-2-3-4-5-6-7-8-9-10-11(12)13;1-2-3(4)5;1-2(3)4/h2H,1,3-10H2,(H,12,13);2H2,1H3,(H,4,5);1H3,(H,3,4). The smallest absolute Gasteiger partial charge is 0.303 e. The normalized spacial score (nSPS) is 8.64. The Morgan fingerprint density at radius 3 is 1.55 bits per heavy atom. The number of hydrogen-bond donors (Lipinski definition) is 3. The molecule has 0 fully saturated rings. The zero-order valence-electron chi connectivity index (χ0n) is 13.7. The number of allylic oxidation sites excluding steroid dienone is 1. The molecule has 0 unspecified atom stereocenters. The average molecular weight is 318 g/mol. The Balaban J connectivity index is -0.000000330. The number of unbranched alkanes of at least 4 members (excludes halogenated alkanes) is 6. The van der Waals surface area contributed by atoms with E-state index in [-0.39, 0.29) is 6.42 Å². The molecule has 0 spiro atoms. The van der Waals surface area contributed by atoms with Crippen LogP contribution in [0.15, 0.2) is 12.7 Å². The molecule has 0 radical (unpaired) electrons. The quantitative estimate of drug-likeness (QED) is 0.415. The van der Waals surface area contributed by atoms with E-state index in [2.05, 4.69) is 6.58 Å². The predicted molar refractivity (Wildman–Crippen MR) is 86.0 cm³/mol. The van der Waals surface area contributed by atoms with Gasteiger partial charge in [-0.05, 0) is 19.3 Å². The molecule has 3 N–H and O–H groups in total. The molecule has 0 aliphatic carbocycles. The molecule has 6 heteroatoms. The highest BCUT2D eigenvalue weighted by Gasteiger charge is 1.95. The summed E-state index contributed by atoms with van der Waals surface area (Å²) in [7, 11) is 0. The van der Waals surface area contributed by atoms with E-state index in [0.29, 0.717) is 6.42 Å². The van der Waals surface area contributed by atoms with Crippen LogP contribution in [-0.4, -0.2) is 33.2 Å². The fourth-order valence-electron chi connectivity index (χ4n) is 1.27. The Bertz CT molecular complexity index is 295. The summed E-state index contributed by atoms with van der Waals surface area (Å²) in [5.41, 5.74) is 0. The van der Waals surface area contributed by atoms with Crippen molar-refractivity contribution < 1.29 is 29.7 Å². The topological polar surface area (TPSA) is 112 Å². The van der Waals surface area contributed by atoms with Gasteiger partial charge < -0.3 is 15.3 Å². The molecular weight excluding hydrogens is 288 g/mol. The van der Waals surface area contributed by atoms with Gasteiger partial charge in [0.2, 0.25) is 0 Å². The Morgan fingerprint density at radius 2 is 1.23 bits per heavy atom. The summed E-state index contributed by atoms with van der Waals surface area (Å²) < 4.78 is 0. The zero-order chi connectivity index (χ0) is 17.8. The molecule has 0 saturated heterocycles. The van der Waals surface area contributed by atoms with Crippen LogP contribution in [-0.2, 0) is 14.4 Å². The Kier molecular flexibility index (Phi) is 24.5. The molecule has 0 aromatic rings. The molecule has 0 heterocycles. The van der Waals surface area contributed by atoms with E-state index in [1.165, 1.54) is 25.7 Å². The molecular formula is C16H30O6. The van der Waals surface area contributed by atoms with Crippen molar-refractivity contribution in [2.24, 2.45) is 0 Å². The molecule has 0 rings (SSSR count). The summed E-state index contributed by atoms with van der Waals surface area (Å²) in [5, 5.41) is 23.5. The van der Waals surface area contributed by atoms with Crippen LogP contribution in [0.1, 0.15) is 71.6 Å². The minimum Gasteiger partial charge on any atom is -0.481 e. The third-order valence-corrected chi connectivity index (χ3v) is 2.35. The van der Waals surface area contributed by atoms with Gasteiger partial charge in [-0.2, -0.15) is 0 Å². The van der Waals surface area contributed by atoms with Crippen LogP contribution in [0.5, 0.6) is 0 Å². The number of carbonyl (C=O) groups is 3. The van der Waals surface area contributed by atoms with Crippen LogP contribution in [0.25, 0.3) is 0 Å². The van der Waals surface area contributed by atoms with Crippen molar-refractivity contribution >= 4 is 17.9 Å². The van der Waals surface area contributed by atoms with Crippen LogP contribution < -0.4 is 0 Å². The lowest BCUT2D eigenvalue weighted by atomic mass is 10.1. The molecule has 0 atom stereocenters. The van der Waals surface area contributed by atoms with Gasteiger partial charge in [-0.1, -0.05) is 38.7 Å². The predicted octanol–water partition coefficient (Wildman–Crippen LogP) is 3.95. The van der Waals surface area contributed by atoms with Gasteiger partial charge in [-0.25, -0.2) is 0 Å². The first-order valence-corrected chi connectivity index (χ1v) is 7.51. The van der Waals surface area contributed by atoms with Crippen LogP contribution in [0.2, 0.25) is 0 Å². The third-order valence-electron chi connectivity index (χ3n) is 2.35. The lowest BCUT2D eigenvalue weighted by Gasteiger charge is -1.98. The molecule has 0 aromatic carbocycles. The van der Waals surface area contributed by atoms with E-state index in [1.54, 1.807) is 6.92 Å². The third kappa shape index (κ3) is 51.8. The molecule has 0 aliphatic heterocycles. The van der Waals surface area contributed by atoms with Gasteiger partial charge in [0.1, 0.15) is 0 Å². The Morgan fingerprint density at radius 1 is 0.864 bits per heavy atom. The molecule has 22 heavy (non-hydrogen) atoms. The maximum atomic E-state index is 10.2. The average Bonchev–Trinajstić information content (AvgIpc) is 2.41. The van der Waals surface area contributed by atoms with Gasteiger partial charge in [0.25, 0.3) is 5.97 Å². The van der Waals surface area contributed by atoms with Gasteiger partial charge in [0, 0.05) is 19.8 Å². The minimum absolute atomic E-state index is 0.222. The number of aliphatic carboxylic acids is 3. The van der Waals surface area contributed by atoms with Crippen molar-refractivity contribution in [3.63, 3.8) is 0 Å². The van der Waals surface area contributed by atoms with Crippen molar-refractivity contribution in [3.05, 3.63) is 12.7 Å². The second-order valence-electron chi connectivity index (χ2n) is 4.61. The van der Waals surface area contributed by atoms with Crippen molar-refractivity contribution in [1.82, 2.24) is 0 Å². The second kappa shape index (κ2) is 21.4. The molecule has 130 valence electrons. The van der Waals surface area contributed by atoms with Crippen molar-refractivity contribution in [2.45, 2.75) is 71.6 Å². The molecule has 0 bridgehead atoms. The first-order valence-electron chi connectivity index (χ1n) is 7.51. The monoisotopic (exact) mass is 318 g/mol. The van der Waals surface area contributed by atoms with E-state index in [0.717, 1.165) is 26.2 Å². The van der Waals surface area contributed by atoms with E-state index >= 15 is 0 Å². The highest BCUT2D eigenvalue weighted by molar-refractivity contribution is 5.66. The largest absolute Gasteiger partial charge is 0.481 e. The Labute approximate surface area is 132 Å². The number of carboxylic acids is 3. The fraction of sp³-hybridized carbons (Fsp3) is 0.688. The number of hydrogen-bond acceptors (Lipinski definition) is 3. The maximum Gasteiger partial charge on any atom is 0.303 e. The molecule has 0 aromatic heterocycles. The summed E-state index contributed by atoms with van der Waals surface area (Å²) in [5.74, 6) is -2.25. The number of carboxylic acid groups (broad SMARTS) is 3. The lowest BCUT2D eigenvalue weighted by Crippen LogP contribution is -1.93. The Hall–Kier alpha value is -1.85. The van der Waals surface area contributed by atoms with Crippen molar-refractivity contribution in [3.8, 4) is 0 Å². The SMILES string of the molecule is C=CCCCCCCCCC(=O)O.CC(=O)O.CCC(=O)O. The van der Waals surface area contributed by atoms with Gasteiger partial charge >= 0.3 is 11.9 Å². The van der Waals surface area contributed by atoms with Gasteiger partial charge in [-0.15, -0.1) is 6.58 Å². The van der Waals surface area contributed by atoms with E-state index < -0.39 is 17.9 Å².